The summed E-state index contributed by atoms with van der Waals surface area (Å²) in [4.78, 5) is 39.9. The minimum Gasteiger partial charge on any atom is -0.445 e. The van der Waals surface area contributed by atoms with Crippen molar-refractivity contribution in [1.82, 2.24) is 10.6 Å². The van der Waals surface area contributed by atoms with E-state index in [9.17, 15) is 14.4 Å². The van der Waals surface area contributed by atoms with Crippen LogP contribution in [0.3, 0.4) is 0 Å². The summed E-state index contributed by atoms with van der Waals surface area (Å²) in [5, 5.41) is 5.78. The molecule has 8 atom stereocenters. The number of piperidine rings is 1. The molecular weight excluding hydrogens is 464 g/mol. The highest BCUT2D eigenvalue weighted by Gasteiger charge is 2.68. The fourth-order valence-electron chi connectivity index (χ4n) is 8.17. The van der Waals surface area contributed by atoms with E-state index in [4.69, 9.17) is 9.47 Å². The number of Topliss-reactive ketones (excluding diaryl/α,β-unsaturated/α-hetero) is 1. The van der Waals surface area contributed by atoms with Crippen LogP contribution in [0.15, 0.2) is 0 Å². The van der Waals surface area contributed by atoms with Crippen molar-refractivity contribution in [3.8, 4) is 0 Å². The Morgan fingerprint density at radius 3 is 2.37 bits per heavy atom. The Labute approximate surface area is 214 Å². The predicted octanol–water partition coefficient (Wildman–Crippen LogP) is 4.19. The zero-order valence-corrected chi connectivity index (χ0v) is 23.1. The van der Waals surface area contributed by atoms with Crippen LogP contribution in [0.2, 0.25) is 0 Å². The number of hydrogen-bond donors (Lipinski definition) is 2. The number of carbonyl (C=O) groups excluding carboxylic acids is 3. The van der Waals surface area contributed by atoms with E-state index in [0.29, 0.717) is 25.2 Å². The van der Waals surface area contributed by atoms with Gasteiger partial charge in [-0.25, -0.2) is 4.79 Å². The van der Waals surface area contributed by atoms with Crippen LogP contribution in [0.5, 0.6) is 0 Å². The van der Waals surface area contributed by atoms with Crippen molar-refractivity contribution in [1.29, 1.82) is 0 Å². The quantitative estimate of drug-likeness (QED) is 0.588. The molecule has 2 amide bonds. The Bertz CT molecular complexity index is 847. The second-order valence-electron chi connectivity index (χ2n) is 12.0. The van der Waals surface area contributed by atoms with E-state index in [1.165, 1.54) is 0 Å². The molecule has 1 heterocycles. The summed E-state index contributed by atoms with van der Waals surface area (Å²) in [7, 11) is 1.77. The highest BCUT2D eigenvalue weighted by Crippen LogP contribution is 2.68. The number of ether oxygens (including phenoxy) is 2. The molecule has 4 rings (SSSR count). The molecule has 198 valence electrons. The fraction of sp³-hybridized carbons (Fsp3) is 0.889. The van der Waals surface area contributed by atoms with Crippen LogP contribution in [0.1, 0.15) is 72.6 Å². The summed E-state index contributed by atoms with van der Waals surface area (Å²) in [5.74, 6) is 0.153. The molecule has 35 heavy (non-hydrogen) atoms. The first-order valence-corrected chi connectivity index (χ1v) is 14.6. The molecule has 8 heteroatoms. The Morgan fingerprint density at radius 1 is 1.09 bits per heavy atom. The van der Waals surface area contributed by atoms with E-state index in [-0.39, 0.29) is 46.4 Å². The highest BCUT2D eigenvalue weighted by atomic mass is 32.2. The van der Waals surface area contributed by atoms with Gasteiger partial charge >= 0.3 is 6.09 Å². The molecule has 0 spiro atoms. The number of nitrogens with one attached hydrogen (secondary N) is 2. The molecular formula is C27H44N2O5S. The lowest BCUT2D eigenvalue weighted by atomic mass is 9.45. The number of thioether (sulfide) groups is 1. The molecule has 4 aliphatic rings. The smallest absolute Gasteiger partial charge is 0.414 e. The first-order chi connectivity index (χ1) is 16.5. The number of methoxy groups -OCH3 is 1. The van der Waals surface area contributed by atoms with Gasteiger partial charge in [0.15, 0.2) is 5.78 Å². The molecule has 2 bridgehead atoms. The van der Waals surface area contributed by atoms with Gasteiger partial charge in [-0.15, -0.1) is 0 Å². The lowest BCUT2D eigenvalue weighted by Crippen LogP contribution is -2.64. The van der Waals surface area contributed by atoms with E-state index >= 15 is 0 Å². The number of amides is 2. The molecule has 0 aromatic heterocycles. The maximum atomic E-state index is 14.0. The number of alkyl carbamates (subject to hydrolysis) is 1. The molecule has 3 saturated carbocycles. The Hall–Kier alpha value is -1.12. The third-order valence-electron chi connectivity index (χ3n) is 10.6. The molecule has 0 aromatic rings. The van der Waals surface area contributed by atoms with Gasteiger partial charge in [0.25, 0.3) is 0 Å². The average molecular weight is 509 g/mol. The SMILES string of the molecule is CO[C@@H]1CCC23CC[C@@H](C)[C@](C)(C12)[C@H](OC(=O)NC(=O)C1CCNCC1)C[C@@](C)(SC)C(=O)[C@@H]3C. The summed E-state index contributed by atoms with van der Waals surface area (Å²) in [5.41, 5.74) is -0.518. The lowest BCUT2D eigenvalue weighted by Gasteiger charge is -2.61. The van der Waals surface area contributed by atoms with Crippen molar-refractivity contribution in [2.75, 3.05) is 26.5 Å². The number of rotatable bonds is 4. The van der Waals surface area contributed by atoms with Crippen molar-refractivity contribution < 1.29 is 23.9 Å². The zero-order chi connectivity index (χ0) is 25.6. The van der Waals surface area contributed by atoms with Crippen LogP contribution in [-0.4, -0.2) is 61.2 Å². The van der Waals surface area contributed by atoms with Crippen molar-refractivity contribution >= 4 is 29.5 Å². The third-order valence-corrected chi connectivity index (χ3v) is 11.9. The van der Waals surface area contributed by atoms with Gasteiger partial charge in [0.2, 0.25) is 5.91 Å². The molecule has 2 N–H and O–H groups in total. The van der Waals surface area contributed by atoms with Gasteiger partial charge in [0.05, 0.1) is 10.9 Å². The molecule has 1 saturated heterocycles. The lowest BCUT2D eigenvalue weighted by molar-refractivity contribution is -0.182. The maximum Gasteiger partial charge on any atom is 0.414 e. The molecule has 0 radical (unpaired) electrons. The maximum absolute atomic E-state index is 14.0. The number of carbonyl (C=O) groups is 3. The van der Waals surface area contributed by atoms with Crippen molar-refractivity contribution in [2.24, 2.45) is 34.5 Å². The minimum absolute atomic E-state index is 0.0298. The first kappa shape index (κ1) is 26.9. The Kier molecular flexibility index (Phi) is 7.67. The van der Waals surface area contributed by atoms with Crippen LogP contribution in [-0.2, 0) is 19.1 Å². The van der Waals surface area contributed by atoms with Gasteiger partial charge in [0.1, 0.15) is 6.10 Å². The molecule has 7 nitrogen and oxygen atoms in total. The highest BCUT2D eigenvalue weighted by molar-refractivity contribution is 8.00. The Morgan fingerprint density at radius 2 is 1.74 bits per heavy atom. The van der Waals surface area contributed by atoms with E-state index < -0.39 is 16.9 Å². The first-order valence-electron chi connectivity index (χ1n) is 13.4. The second-order valence-corrected chi connectivity index (χ2v) is 13.3. The van der Waals surface area contributed by atoms with Gasteiger partial charge < -0.3 is 14.8 Å². The van der Waals surface area contributed by atoms with Gasteiger partial charge in [-0.05, 0) is 76.1 Å². The predicted molar refractivity (Wildman–Crippen MR) is 137 cm³/mol. The molecule has 1 aliphatic heterocycles. The van der Waals surface area contributed by atoms with Crippen LogP contribution in [0, 0.1) is 34.5 Å². The average Bonchev–Trinajstić information content (AvgIpc) is 3.25. The van der Waals surface area contributed by atoms with Gasteiger partial charge in [0, 0.05) is 36.7 Å². The molecule has 2 unspecified atom stereocenters. The summed E-state index contributed by atoms with van der Waals surface area (Å²) in [6, 6.07) is 0. The molecule has 0 aromatic carbocycles. The van der Waals surface area contributed by atoms with Crippen molar-refractivity contribution in [2.45, 2.75) is 89.6 Å². The number of imide groups is 1. The van der Waals surface area contributed by atoms with Crippen molar-refractivity contribution in [3.63, 3.8) is 0 Å². The van der Waals surface area contributed by atoms with Gasteiger partial charge in [-0.2, -0.15) is 11.8 Å². The van der Waals surface area contributed by atoms with Gasteiger partial charge in [-0.1, -0.05) is 20.8 Å². The van der Waals surface area contributed by atoms with E-state index in [1.807, 2.05) is 13.2 Å². The third kappa shape index (κ3) is 4.35. The second kappa shape index (κ2) is 9.97. The van der Waals surface area contributed by atoms with Crippen LogP contribution in [0.25, 0.3) is 0 Å². The normalized spacial score (nSPS) is 44.2. The summed E-state index contributed by atoms with van der Waals surface area (Å²) in [6.07, 6.45) is 6.58. The zero-order valence-electron chi connectivity index (χ0n) is 22.3. The van der Waals surface area contributed by atoms with E-state index in [2.05, 4.69) is 31.4 Å². The molecule has 4 fully saturated rings. The van der Waals surface area contributed by atoms with E-state index in [1.54, 1.807) is 18.9 Å². The number of ketones is 1. The summed E-state index contributed by atoms with van der Waals surface area (Å²) >= 11 is 1.56. The largest absolute Gasteiger partial charge is 0.445 e. The van der Waals surface area contributed by atoms with Crippen LogP contribution >= 0.6 is 11.8 Å². The van der Waals surface area contributed by atoms with Crippen molar-refractivity contribution in [3.05, 3.63) is 0 Å². The summed E-state index contributed by atoms with van der Waals surface area (Å²) < 4.78 is 11.6. The molecule has 3 aliphatic carbocycles. The number of hydrogen-bond acceptors (Lipinski definition) is 7. The Balaban J connectivity index is 1.69. The standard InChI is InChI=1S/C27H44N2O5S/c1-16-7-11-27-12-8-19(33-5)21(27)26(16,4)20(15-25(3,35-6)22(30)17(27)2)34-24(32)29-23(31)18-9-13-28-14-10-18/h16-21,28H,7-15H2,1-6H3,(H,29,31,32)/t16-,17+,19-,20-,21?,25-,26+,27?/m1/s1. The van der Waals surface area contributed by atoms with E-state index in [0.717, 1.165) is 38.8 Å². The summed E-state index contributed by atoms with van der Waals surface area (Å²) in [6.45, 7) is 10.2. The van der Waals surface area contributed by atoms with Gasteiger partial charge in [-0.3, -0.25) is 14.9 Å². The minimum atomic E-state index is -0.681. The van der Waals surface area contributed by atoms with Crippen LogP contribution in [0.4, 0.5) is 4.79 Å². The topological polar surface area (TPSA) is 93.7 Å². The fourth-order valence-corrected chi connectivity index (χ4v) is 8.87. The van der Waals surface area contributed by atoms with Crippen LogP contribution < -0.4 is 10.6 Å². The monoisotopic (exact) mass is 508 g/mol.